The Hall–Kier alpha value is -9.83. The zero-order valence-corrected chi connectivity index (χ0v) is 39.2. The molecule has 0 aliphatic carbocycles. The number of fused-ring (bicyclic) bond motifs is 2. The number of esters is 2. The summed E-state index contributed by atoms with van der Waals surface area (Å²) in [4.78, 5) is 64.3. The van der Waals surface area contributed by atoms with Crippen LogP contribution in [-0.2, 0) is 43.5 Å². The van der Waals surface area contributed by atoms with Gasteiger partial charge in [0, 0.05) is 24.5 Å². The third-order valence-corrected chi connectivity index (χ3v) is 10.8. The van der Waals surface area contributed by atoms with Crippen LogP contribution in [0.25, 0.3) is 56.2 Å². The number of carbonyl (C=O) groups excluding carboxylic acids is 3. The summed E-state index contributed by atoms with van der Waals surface area (Å²) in [5.41, 5.74) is 13.4. The summed E-state index contributed by atoms with van der Waals surface area (Å²) in [6.07, 6.45) is 5.42. The molecule has 0 unspecified atom stereocenters. The lowest BCUT2D eigenvalue weighted by molar-refractivity contribution is -0.137. The van der Waals surface area contributed by atoms with Crippen LogP contribution in [0.1, 0.15) is 28.6 Å². The van der Waals surface area contributed by atoms with Crippen molar-refractivity contribution in [1.82, 2.24) is 35.2 Å². The van der Waals surface area contributed by atoms with Gasteiger partial charge in [0.1, 0.15) is 29.6 Å². The Kier molecular flexibility index (Phi) is 16.2. The van der Waals surface area contributed by atoms with Crippen LogP contribution in [0.15, 0.2) is 188 Å². The highest BCUT2D eigenvalue weighted by Gasteiger charge is 2.19. The number of anilines is 2. The number of carbonyl (C=O) groups is 3. The molecule has 5 aromatic carbocycles. The smallest absolute Gasteiger partial charge is 0.412 e. The fourth-order valence-corrected chi connectivity index (χ4v) is 7.43. The molecule has 16 nitrogen and oxygen atoms in total. The average molecular weight is 957 g/mol. The number of rotatable bonds is 15. The van der Waals surface area contributed by atoms with Gasteiger partial charge in [0.15, 0.2) is 11.6 Å². The number of nitrogens with one attached hydrogen (secondary N) is 3. The number of alkyl carbamates (subject to hydrolysis) is 1. The van der Waals surface area contributed by atoms with Crippen LogP contribution in [0.5, 0.6) is 0 Å². The molecule has 1 amide bonds. The van der Waals surface area contributed by atoms with E-state index >= 15 is 0 Å². The van der Waals surface area contributed by atoms with Gasteiger partial charge in [-0.25, -0.2) is 34.3 Å². The molecule has 0 bridgehead atoms. The molecule has 4 heterocycles. The molecule has 0 saturated carbocycles. The molecule has 0 radical (unpaired) electrons. The van der Waals surface area contributed by atoms with Crippen molar-refractivity contribution in [1.29, 1.82) is 0 Å². The molecule has 0 spiro atoms. The number of hydrogen-bond donors (Lipinski definition) is 4. The molecule has 0 fully saturated rings. The molecule has 0 saturated heterocycles. The third-order valence-electron chi connectivity index (χ3n) is 10.8. The van der Waals surface area contributed by atoms with Crippen LogP contribution in [0.3, 0.4) is 0 Å². The Morgan fingerprint density at radius 1 is 0.528 bits per heavy atom. The van der Waals surface area contributed by atoms with E-state index in [2.05, 4.69) is 40.6 Å². The number of hydrogen-bond acceptors (Lipinski definition) is 15. The first-order valence-electron chi connectivity index (χ1n) is 22.6. The maximum atomic E-state index is 12.6. The first-order valence-corrected chi connectivity index (χ1v) is 22.6. The molecule has 5 N–H and O–H groups in total. The summed E-state index contributed by atoms with van der Waals surface area (Å²) < 4.78 is 14.8. The zero-order valence-electron chi connectivity index (χ0n) is 39.2. The van der Waals surface area contributed by atoms with Crippen molar-refractivity contribution >= 4 is 63.6 Å². The molecule has 0 atom stereocenters. The van der Waals surface area contributed by atoms with Crippen molar-refractivity contribution in [3.05, 3.63) is 216 Å². The first-order chi connectivity index (χ1) is 35.3. The van der Waals surface area contributed by atoms with E-state index in [9.17, 15) is 14.4 Å². The van der Waals surface area contributed by atoms with Gasteiger partial charge in [-0.3, -0.25) is 15.3 Å². The minimum absolute atomic E-state index is 0.0391. The van der Waals surface area contributed by atoms with Gasteiger partial charge in [-0.1, -0.05) is 127 Å². The lowest BCUT2D eigenvalue weighted by Gasteiger charge is -2.14. The third kappa shape index (κ3) is 12.6. The quantitative estimate of drug-likeness (QED) is 0.0427. The van der Waals surface area contributed by atoms with E-state index in [1.54, 1.807) is 12.4 Å². The summed E-state index contributed by atoms with van der Waals surface area (Å²) >= 11 is 0. The minimum Gasteiger partial charge on any atom is -0.464 e. The standard InChI is InChI=1S/C32H27N5O4.C24H21N5O2/c1-40-31(38)27(36-32(39)41-21-22-11-4-2-5-12-22)19-28-35-26-17-10-16-25(23-13-6-3-7-14-23)29(26)30(37-28)34-20-24-15-8-9-18-33-24;1-31-24(30)19(25)14-21-28-20-12-7-11-18(16-8-3-2-4-9-16)22(20)23(29-21)27-15-17-10-5-6-13-26-17/h2-19H,20-21H2,1H3,(H,36,39)(H,34,35,37);2-14H,15,25H2,1H3,(H,27,28,29)/b27-19-;19-14-. The van der Waals surface area contributed by atoms with E-state index in [-0.39, 0.29) is 23.8 Å². The van der Waals surface area contributed by atoms with Gasteiger partial charge in [-0.05, 0) is 64.2 Å². The predicted octanol–water partition coefficient (Wildman–Crippen LogP) is 9.52. The van der Waals surface area contributed by atoms with Gasteiger partial charge in [-0.2, -0.15) is 0 Å². The number of pyridine rings is 2. The predicted molar refractivity (Wildman–Crippen MR) is 277 cm³/mol. The van der Waals surface area contributed by atoms with Gasteiger partial charge in [0.25, 0.3) is 0 Å². The number of nitrogens with two attached hydrogens (primary N) is 1. The molecular formula is C56H48N10O6. The van der Waals surface area contributed by atoms with Crippen molar-refractivity contribution in [3.63, 3.8) is 0 Å². The molecule has 358 valence electrons. The SMILES string of the molecule is COC(=O)/C(=C/c1nc(NCc2ccccn2)c2c(-c3ccccc3)cccc2n1)NC(=O)OCc1ccccc1.COC(=O)/C(N)=C/c1nc(NCc2ccccn2)c2c(-c3ccccc3)cccc2n1. The maximum absolute atomic E-state index is 12.6. The molecule has 72 heavy (non-hydrogen) atoms. The normalized spacial score (nSPS) is 11.2. The van der Waals surface area contributed by atoms with Gasteiger partial charge in [0.05, 0.1) is 60.5 Å². The lowest BCUT2D eigenvalue weighted by Crippen LogP contribution is -2.28. The zero-order chi connectivity index (χ0) is 50.1. The van der Waals surface area contributed by atoms with Gasteiger partial charge >= 0.3 is 18.0 Å². The van der Waals surface area contributed by atoms with Crippen LogP contribution < -0.4 is 21.7 Å². The minimum atomic E-state index is -0.814. The van der Waals surface area contributed by atoms with E-state index < -0.39 is 18.0 Å². The van der Waals surface area contributed by atoms with Crippen molar-refractivity contribution < 1.29 is 28.6 Å². The van der Waals surface area contributed by atoms with Crippen LogP contribution in [0, 0.1) is 0 Å². The van der Waals surface area contributed by atoms with Crippen LogP contribution in [0.2, 0.25) is 0 Å². The fourth-order valence-electron chi connectivity index (χ4n) is 7.43. The molecule has 0 aliphatic heterocycles. The average Bonchev–Trinajstić information content (AvgIpc) is 3.43. The fraction of sp³-hybridized carbons (Fsp3) is 0.0893. The van der Waals surface area contributed by atoms with E-state index in [1.807, 2.05) is 164 Å². The molecule has 0 aliphatic rings. The highest BCUT2D eigenvalue weighted by atomic mass is 16.6. The Balaban J connectivity index is 0.000000200. The van der Waals surface area contributed by atoms with Crippen molar-refractivity contribution in [2.75, 3.05) is 24.9 Å². The van der Waals surface area contributed by atoms with Crippen LogP contribution >= 0.6 is 0 Å². The van der Waals surface area contributed by atoms with Gasteiger partial charge in [-0.15, -0.1) is 0 Å². The van der Waals surface area contributed by atoms with E-state index in [1.165, 1.54) is 26.4 Å². The highest BCUT2D eigenvalue weighted by Crippen LogP contribution is 2.34. The number of ether oxygens (including phenoxy) is 3. The number of benzene rings is 5. The second-order valence-electron chi connectivity index (χ2n) is 15.7. The van der Waals surface area contributed by atoms with Crippen molar-refractivity contribution in [2.24, 2.45) is 5.73 Å². The molecule has 4 aromatic heterocycles. The summed E-state index contributed by atoms with van der Waals surface area (Å²) in [5, 5.41) is 10.9. The van der Waals surface area contributed by atoms with Gasteiger partial charge in [0.2, 0.25) is 0 Å². The number of nitrogens with zero attached hydrogens (tertiary/aromatic N) is 6. The number of amides is 1. The second kappa shape index (κ2) is 23.9. The Morgan fingerprint density at radius 2 is 1.00 bits per heavy atom. The van der Waals surface area contributed by atoms with Gasteiger partial charge < -0.3 is 30.6 Å². The molecule has 9 rings (SSSR count). The van der Waals surface area contributed by atoms with Crippen molar-refractivity contribution in [2.45, 2.75) is 19.7 Å². The molecular weight excluding hydrogens is 909 g/mol. The summed E-state index contributed by atoms with van der Waals surface area (Å²) in [6, 6.07) is 52.3. The lowest BCUT2D eigenvalue weighted by atomic mass is 10.0. The Morgan fingerprint density at radius 3 is 1.47 bits per heavy atom. The maximum Gasteiger partial charge on any atom is 0.412 e. The molecule has 9 aromatic rings. The topological polar surface area (TPSA) is 218 Å². The largest absolute Gasteiger partial charge is 0.464 e. The summed E-state index contributed by atoms with van der Waals surface area (Å²) in [5.74, 6) is 0.261. The van der Waals surface area contributed by atoms with Crippen LogP contribution in [0.4, 0.5) is 16.4 Å². The van der Waals surface area contributed by atoms with E-state index in [4.69, 9.17) is 25.2 Å². The van der Waals surface area contributed by atoms with E-state index in [0.717, 1.165) is 55.5 Å². The van der Waals surface area contributed by atoms with E-state index in [0.29, 0.717) is 36.1 Å². The number of aromatic nitrogens is 6. The summed E-state index contributed by atoms with van der Waals surface area (Å²) in [6.45, 7) is 0.927. The Bertz CT molecular complexity index is 3370. The highest BCUT2D eigenvalue weighted by molar-refractivity contribution is 6.04. The second-order valence-corrected chi connectivity index (χ2v) is 15.7. The Labute approximate surface area is 414 Å². The summed E-state index contributed by atoms with van der Waals surface area (Å²) in [7, 11) is 2.50. The first kappa shape index (κ1) is 48.6. The molecule has 16 heteroatoms. The number of methoxy groups -OCH3 is 2. The monoisotopic (exact) mass is 956 g/mol. The van der Waals surface area contributed by atoms with Crippen molar-refractivity contribution in [3.8, 4) is 22.3 Å². The van der Waals surface area contributed by atoms with Crippen LogP contribution in [-0.4, -0.2) is 62.2 Å².